The van der Waals surface area contributed by atoms with E-state index in [-0.39, 0.29) is 36.2 Å². The number of anilines is 2. The lowest BCUT2D eigenvalue weighted by molar-refractivity contribution is -0.139. The first kappa shape index (κ1) is 29.1. The summed E-state index contributed by atoms with van der Waals surface area (Å²) in [5, 5.41) is 5.89. The average Bonchev–Trinajstić information content (AvgIpc) is 3.62. The first-order valence-electron chi connectivity index (χ1n) is 13.5. The van der Waals surface area contributed by atoms with Crippen molar-refractivity contribution in [1.29, 1.82) is 0 Å². The minimum Gasteiger partial charge on any atom is -0.351 e. The molecule has 0 aromatic carbocycles. The topological polar surface area (TPSA) is 102 Å². The summed E-state index contributed by atoms with van der Waals surface area (Å²) in [7, 11) is 0. The van der Waals surface area contributed by atoms with E-state index in [0.29, 0.717) is 45.6 Å². The minimum absolute atomic E-state index is 0.0289. The molecule has 0 unspecified atom stereocenters. The van der Waals surface area contributed by atoms with Crippen LogP contribution in [0.2, 0.25) is 0 Å². The number of likely N-dealkylation sites (tertiary alicyclic amines) is 1. The molecule has 0 bridgehead atoms. The van der Waals surface area contributed by atoms with Crippen molar-refractivity contribution in [2.24, 2.45) is 0 Å². The third kappa shape index (κ3) is 6.57. The molecule has 0 aliphatic carbocycles. The quantitative estimate of drug-likeness (QED) is 0.515. The molecule has 1 amide bonds. The fourth-order valence-corrected chi connectivity index (χ4v) is 5.81. The van der Waals surface area contributed by atoms with Gasteiger partial charge in [0.2, 0.25) is 11.9 Å². The van der Waals surface area contributed by atoms with Crippen molar-refractivity contribution >= 4 is 17.7 Å². The molecule has 0 saturated carbocycles. The molecule has 10 nitrogen and oxygen atoms in total. The molecule has 16 heteroatoms. The molecule has 5 heterocycles. The Morgan fingerprint density at radius 1 is 0.951 bits per heavy atom. The molecule has 0 spiro atoms. The highest BCUT2D eigenvalue weighted by Gasteiger charge is 2.40. The lowest BCUT2D eigenvalue weighted by Gasteiger charge is -2.35. The molecule has 5 rings (SSSR count). The highest BCUT2D eigenvalue weighted by atomic mass is 19.4. The van der Waals surface area contributed by atoms with Gasteiger partial charge in [0.25, 0.3) is 5.56 Å². The molecule has 41 heavy (non-hydrogen) atoms. The van der Waals surface area contributed by atoms with Crippen LogP contribution in [-0.2, 0) is 17.1 Å². The van der Waals surface area contributed by atoms with E-state index in [1.165, 1.54) is 0 Å². The number of nitrogens with zero attached hydrogens (tertiary/aromatic N) is 7. The van der Waals surface area contributed by atoms with E-state index < -0.39 is 29.0 Å². The zero-order valence-corrected chi connectivity index (χ0v) is 22.1. The molecule has 224 valence electrons. The minimum atomic E-state index is -4.82. The van der Waals surface area contributed by atoms with Gasteiger partial charge in [-0.25, -0.2) is 15.1 Å². The van der Waals surface area contributed by atoms with Crippen molar-refractivity contribution in [2.45, 2.75) is 56.5 Å². The Hall–Kier alpha value is -3.43. The van der Waals surface area contributed by atoms with Crippen LogP contribution in [0.25, 0.3) is 0 Å². The summed E-state index contributed by atoms with van der Waals surface area (Å²) in [6.07, 6.45) is -4.55. The number of hydrogen-bond donors (Lipinski definition) is 1. The number of nitrogens with one attached hydrogen (secondary N) is 1. The molecule has 1 N–H and O–H groups in total. The fraction of sp³-hybridized carbons (Fsp3) is 0.640. The Balaban J connectivity index is 1.21. The van der Waals surface area contributed by atoms with E-state index in [9.17, 15) is 35.9 Å². The summed E-state index contributed by atoms with van der Waals surface area (Å²) in [5.74, 6) is 0.0699. The van der Waals surface area contributed by atoms with Gasteiger partial charge in [0.1, 0.15) is 11.4 Å². The Morgan fingerprint density at radius 3 is 2.22 bits per heavy atom. The predicted octanol–water partition coefficient (Wildman–Crippen LogP) is 2.77. The van der Waals surface area contributed by atoms with Crippen molar-refractivity contribution < 1.29 is 31.1 Å². The third-order valence-electron chi connectivity index (χ3n) is 8.01. The number of carbonyl (C=O) groups is 1. The molecule has 0 radical (unpaired) electrons. The Morgan fingerprint density at radius 2 is 1.61 bits per heavy atom. The Bertz CT molecular complexity index is 1270. The molecule has 2 aromatic rings. The first-order chi connectivity index (χ1) is 19.4. The van der Waals surface area contributed by atoms with Crippen LogP contribution in [0, 0.1) is 0 Å². The van der Waals surface area contributed by atoms with E-state index in [1.807, 2.05) is 5.10 Å². The Labute approximate surface area is 231 Å². The van der Waals surface area contributed by atoms with Gasteiger partial charge in [-0.15, -0.1) is 0 Å². The summed E-state index contributed by atoms with van der Waals surface area (Å²) < 4.78 is 78.6. The van der Waals surface area contributed by atoms with Gasteiger partial charge < -0.3 is 14.7 Å². The van der Waals surface area contributed by atoms with E-state index in [1.54, 1.807) is 14.7 Å². The van der Waals surface area contributed by atoms with Gasteiger partial charge in [0.15, 0.2) is 0 Å². The van der Waals surface area contributed by atoms with E-state index in [4.69, 9.17) is 0 Å². The highest BCUT2D eigenvalue weighted by molar-refractivity contribution is 5.76. The van der Waals surface area contributed by atoms with E-state index in [2.05, 4.69) is 20.0 Å². The number of aromatic amines is 1. The van der Waals surface area contributed by atoms with Gasteiger partial charge in [-0.3, -0.25) is 14.5 Å². The van der Waals surface area contributed by atoms with Gasteiger partial charge in [-0.05, 0) is 38.8 Å². The first-order valence-corrected chi connectivity index (χ1v) is 13.5. The highest BCUT2D eigenvalue weighted by Crippen LogP contribution is 2.34. The summed E-state index contributed by atoms with van der Waals surface area (Å²) in [5.41, 5.74) is -3.55. The largest absolute Gasteiger partial charge is 0.421 e. The zero-order valence-electron chi connectivity index (χ0n) is 22.1. The van der Waals surface area contributed by atoms with Crippen molar-refractivity contribution in [3.63, 3.8) is 0 Å². The summed E-state index contributed by atoms with van der Waals surface area (Å²) in [6.45, 7) is 3.64. The molecular weight excluding hydrogens is 558 g/mol. The Kier molecular flexibility index (Phi) is 8.12. The lowest BCUT2D eigenvalue weighted by Crippen LogP contribution is -2.49. The standard InChI is InChI=1S/C25H30F6N8O2/c26-24(27,28)16-13-32-23(33-14-16)38-9-7-37(8-10-38)21(40)4-3-17-11-18(36-5-1-2-6-36)15-39(17)20-12-19(25(29,30)31)22(41)35-34-20/h12-14,17-18H,1-11,15H2,(H,35,41)/t17-,18-/m1/s1. The van der Waals surface area contributed by atoms with Crippen molar-refractivity contribution in [1.82, 2.24) is 30.0 Å². The monoisotopic (exact) mass is 588 g/mol. The van der Waals surface area contributed by atoms with Crippen LogP contribution in [0.3, 0.4) is 0 Å². The number of carbonyl (C=O) groups excluding carboxylic acids is 1. The fourth-order valence-electron chi connectivity index (χ4n) is 5.81. The number of piperazine rings is 1. The normalized spacial score (nSPS) is 22.5. The second-order valence-corrected chi connectivity index (χ2v) is 10.6. The number of aromatic nitrogens is 4. The average molecular weight is 589 g/mol. The van der Waals surface area contributed by atoms with Crippen LogP contribution in [0.15, 0.2) is 23.3 Å². The number of amides is 1. The number of hydrogen-bond acceptors (Lipinski definition) is 8. The zero-order chi connectivity index (χ0) is 29.4. The van der Waals surface area contributed by atoms with Gasteiger partial charge in [-0.2, -0.15) is 31.4 Å². The van der Waals surface area contributed by atoms with Crippen LogP contribution in [-0.4, -0.2) is 93.8 Å². The summed E-state index contributed by atoms with van der Waals surface area (Å²) in [4.78, 5) is 39.9. The number of alkyl halides is 6. The SMILES string of the molecule is O=C(CC[C@@H]1C[C@@H](N2CCCC2)CN1c1cc(C(F)(F)F)c(=O)[nH]n1)N1CCN(c2ncc(C(F)(F)F)cn2)CC1. The maximum Gasteiger partial charge on any atom is 0.421 e. The van der Waals surface area contributed by atoms with Crippen LogP contribution in [0.5, 0.6) is 0 Å². The molecule has 2 aromatic heterocycles. The smallest absolute Gasteiger partial charge is 0.351 e. The summed E-state index contributed by atoms with van der Waals surface area (Å²) in [6, 6.07) is 0.640. The van der Waals surface area contributed by atoms with Crippen LogP contribution in [0.4, 0.5) is 38.1 Å². The van der Waals surface area contributed by atoms with Crippen LogP contribution < -0.4 is 15.4 Å². The molecule has 3 fully saturated rings. The van der Waals surface area contributed by atoms with E-state index >= 15 is 0 Å². The molecule has 3 aliphatic rings. The molecule has 3 saturated heterocycles. The second kappa shape index (κ2) is 11.4. The number of halogens is 6. The maximum atomic E-state index is 13.4. The van der Waals surface area contributed by atoms with Crippen molar-refractivity contribution in [3.05, 3.63) is 39.9 Å². The van der Waals surface area contributed by atoms with E-state index in [0.717, 1.165) is 44.4 Å². The summed E-state index contributed by atoms with van der Waals surface area (Å²) >= 11 is 0. The van der Waals surface area contributed by atoms with Crippen LogP contribution in [0.1, 0.15) is 43.2 Å². The van der Waals surface area contributed by atoms with Gasteiger partial charge in [0, 0.05) is 69.7 Å². The maximum absolute atomic E-state index is 13.4. The van der Waals surface area contributed by atoms with Gasteiger partial charge in [-0.1, -0.05) is 0 Å². The van der Waals surface area contributed by atoms with Gasteiger partial charge in [0.05, 0.1) is 5.56 Å². The molecule has 3 aliphatic heterocycles. The van der Waals surface area contributed by atoms with Crippen LogP contribution >= 0.6 is 0 Å². The lowest BCUT2D eigenvalue weighted by atomic mass is 10.1. The van der Waals surface area contributed by atoms with Crippen molar-refractivity contribution in [3.8, 4) is 0 Å². The number of H-pyrrole nitrogens is 1. The van der Waals surface area contributed by atoms with Crippen molar-refractivity contribution in [2.75, 3.05) is 55.6 Å². The molecule has 2 atom stereocenters. The predicted molar refractivity (Wildman–Crippen MR) is 135 cm³/mol. The third-order valence-corrected chi connectivity index (χ3v) is 8.01. The second-order valence-electron chi connectivity index (χ2n) is 10.6. The number of rotatable bonds is 6. The molecular formula is C25H30F6N8O2. The van der Waals surface area contributed by atoms with Gasteiger partial charge >= 0.3 is 12.4 Å².